The number of methoxy groups -OCH3 is 1. The first-order chi connectivity index (χ1) is 17.1. The fourth-order valence-electron chi connectivity index (χ4n) is 5.24. The summed E-state index contributed by atoms with van der Waals surface area (Å²) in [4.78, 5) is 15.7. The number of rotatable bonds is 7. The lowest BCUT2D eigenvalue weighted by Gasteiger charge is -2.46. The maximum atomic E-state index is 13.4. The number of likely N-dealkylation sites (tertiary alicyclic amines) is 1. The van der Waals surface area contributed by atoms with E-state index in [-0.39, 0.29) is 17.1 Å². The Morgan fingerprint density at radius 2 is 1.22 bits per heavy atom. The third kappa shape index (κ3) is 4.80. The van der Waals surface area contributed by atoms with E-state index in [0.29, 0.717) is 13.0 Å². The van der Waals surface area contributed by atoms with Crippen molar-refractivity contribution in [1.29, 1.82) is 0 Å². The van der Waals surface area contributed by atoms with E-state index in [9.17, 15) is 4.79 Å². The van der Waals surface area contributed by atoms with Crippen molar-refractivity contribution in [3.63, 3.8) is 0 Å². The molecule has 190 valence electrons. The Kier molecular flexibility index (Phi) is 7.55. The van der Waals surface area contributed by atoms with Gasteiger partial charge < -0.3 is 9.16 Å². The maximum Gasteiger partial charge on any atom is 0.323 e. The molecule has 0 spiro atoms. The molecule has 5 heteroatoms. The zero-order valence-electron chi connectivity index (χ0n) is 22.4. The molecule has 1 heterocycles. The summed E-state index contributed by atoms with van der Waals surface area (Å²) in [6, 6.07) is 31.1. The van der Waals surface area contributed by atoms with Crippen molar-refractivity contribution in [2.24, 2.45) is 0 Å². The second-order valence-electron chi connectivity index (χ2n) is 11.2. The Balaban J connectivity index is 1.94. The SMILES string of the molecule is COC(=O)[C@@H]1C[C@@H](O[Si](C)(C)C(C)(C)C)CN1C(c1ccccc1)(c1ccccc1)c1ccccc1. The number of carbonyl (C=O) groups excluding carboxylic acids is 1. The predicted molar refractivity (Wildman–Crippen MR) is 148 cm³/mol. The van der Waals surface area contributed by atoms with E-state index in [0.717, 1.165) is 16.7 Å². The molecule has 0 bridgehead atoms. The summed E-state index contributed by atoms with van der Waals surface area (Å²) in [5, 5.41) is 0.0799. The summed E-state index contributed by atoms with van der Waals surface area (Å²) in [5.74, 6) is -0.219. The van der Waals surface area contributed by atoms with Crippen LogP contribution in [-0.2, 0) is 19.5 Å². The van der Waals surface area contributed by atoms with Crippen LogP contribution in [0, 0.1) is 0 Å². The second-order valence-corrected chi connectivity index (χ2v) is 16.0. The Labute approximate surface area is 217 Å². The van der Waals surface area contributed by atoms with Gasteiger partial charge in [-0.05, 0) is 41.2 Å². The van der Waals surface area contributed by atoms with Gasteiger partial charge in [-0.1, -0.05) is 112 Å². The molecule has 0 amide bonds. The summed E-state index contributed by atoms with van der Waals surface area (Å²) in [7, 11) is -0.566. The molecule has 0 radical (unpaired) electrons. The van der Waals surface area contributed by atoms with Crippen LogP contribution in [0.5, 0.6) is 0 Å². The molecule has 4 rings (SSSR count). The number of carbonyl (C=O) groups is 1. The fourth-order valence-corrected chi connectivity index (χ4v) is 6.60. The summed E-state index contributed by atoms with van der Waals surface area (Å²) >= 11 is 0. The molecule has 0 aliphatic carbocycles. The van der Waals surface area contributed by atoms with E-state index in [1.54, 1.807) is 0 Å². The predicted octanol–water partition coefficient (Wildman–Crippen LogP) is 6.62. The van der Waals surface area contributed by atoms with Gasteiger partial charge in [0.1, 0.15) is 6.04 Å². The zero-order chi connectivity index (χ0) is 26.0. The zero-order valence-corrected chi connectivity index (χ0v) is 23.4. The lowest BCUT2D eigenvalue weighted by molar-refractivity contribution is -0.147. The second kappa shape index (κ2) is 10.3. The fraction of sp³-hybridized carbons (Fsp3) is 0.387. The van der Waals surface area contributed by atoms with E-state index in [1.807, 2.05) is 18.2 Å². The molecule has 4 nitrogen and oxygen atoms in total. The van der Waals surface area contributed by atoms with Gasteiger partial charge in [0, 0.05) is 6.54 Å². The van der Waals surface area contributed by atoms with Crippen molar-refractivity contribution in [3.05, 3.63) is 108 Å². The van der Waals surface area contributed by atoms with Crippen LogP contribution in [0.15, 0.2) is 91.0 Å². The molecule has 0 aromatic heterocycles. The molecule has 3 aromatic carbocycles. The van der Waals surface area contributed by atoms with Crippen LogP contribution in [0.4, 0.5) is 0 Å². The van der Waals surface area contributed by atoms with Crippen LogP contribution in [-0.4, -0.2) is 45.0 Å². The lowest BCUT2D eigenvalue weighted by atomic mass is 9.75. The van der Waals surface area contributed by atoms with Crippen LogP contribution >= 0.6 is 0 Å². The molecule has 0 saturated carbocycles. The van der Waals surface area contributed by atoms with Crippen LogP contribution < -0.4 is 0 Å². The number of esters is 1. The molecule has 0 unspecified atom stereocenters. The minimum Gasteiger partial charge on any atom is -0.468 e. The van der Waals surface area contributed by atoms with Crippen molar-refractivity contribution >= 4 is 14.3 Å². The van der Waals surface area contributed by atoms with Crippen molar-refractivity contribution < 1.29 is 14.0 Å². The summed E-state index contributed by atoms with van der Waals surface area (Å²) in [6.07, 6.45) is 0.540. The van der Waals surface area contributed by atoms with Crippen molar-refractivity contribution in [2.75, 3.05) is 13.7 Å². The van der Waals surface area contributed by atoms with Crippen LogP contribution in [0.1, 0.15) is 43.9 Å². The smallest absolute Gasteiger partial charge is 0.323 e. The van der Waals surface area contributed by atoms with Gasteiger partial charge in [0.15, 0.2) is 8.32 Å². The van der Waals surface area contributed by atoms with E-state index in [1.165, 1.54) is 7.11 Å². The molecule has 1 fully saturated rings. The van der Waals surface area contributed by atoms with Gasteiger partial charge in [-0.2, -0.15) is 0 Å². The van der Waals surface area contributed by atoms with Crippen molar-refractivity contribution in [1.82, 2.24) is 4.90 Å². The van der Waals surface area contributed by atoms with E-state index >= 15 is 0 Å². The Hall–Kier alpha value is -2.73. The van der Waals surface area contributed by atoms with E-state index in [4.69, 9.17) is 9.16 Å². The van der Waals surface area contributed by atoms with Crippen molar-refractivity contribution in [2.45, 2.75) is 63.0 Å². The van der Waals surface area contributed by atoms with Crippen LogP contribution in [0.3, 0.4) is 0 Å². The maximum absolute atomic E-state index is 13.4. The van der Waals surface area contributed by atoms with E-state index < -0.39 is 19.9 Å². The van der Waals surface area contributed by atoms with Gasteiger partial charge in [0.2, 0.25) is 0 Å². The normalized spacial score (nSPS) is 19.3. The molecule has 1 aliphatic rings. The minimum absolute atomic E-state index is 0.0643. The third-order valence-electron chi connectivity index (χ3n) is 8.01. The number of ether oxygens (including phenoxy) is 1. The highest BCUT2D eigenvalue weighted by Crippen LogP contribution is 2.47. The summed E-state index contributed by atoms with van der Waals surface area (Å²) in [6.45, 7) is 12.0. The molecule has 2 atom stereocenters. The first-order valence-corrected chi connectivity index (χ1v) is 15.7. The standard InChI is InChI=1S/C31H39NO3Si/c1-30(2,3)36(5,6)35-27-22-28(29(33)34-4)32(23-27)31(24-16-10-7-11-17-24,25-18-12-8-13-19-25)26-20-14-9-15-21-26/h7-21,27-28H,22-23H2,1-6H3/t27-,28+/m1/s1. The van der Waals surface area contributed by atoms with Gasteiger partial charge in [-0.15, -0.1) is 0 Å². The van der Waals surface area contributed by atoms with Crippen LogP contribution in [0.2, 0.25) is 18.1 Å². The topological polar surface area (TPSA) is 38.8 Å². The number of nitrogens with zero attached hydrogens (tertiary/aromatic N) is 1. The van der Waals surface area contributed by atoms with Crippen LogP contribution in [0.25, 0.3) is 0 Å². The van der Waals surface area contributed by atoms with Crippen molar-refractivity contribution in [3.8, 4) is 0 Å². The summed E-state index contributed by atoms with van der Waals surface area (Å²) in [5.41, 5.74) is 2.66. The first-order valence-electron chi connectivity index (χ1n) is 12.8. The average Bonchev–Trinajstić information content (AvgIpc) is 3.28. The quantitative estimate of drug-likeness (QED) is 0.207. The third-order valence-corrected chi connectivity index (χ3v) is 12.5. The molecule has 1 saturated heterocycles. The van der Waals surface area contributed by atoms with Gasteiger partial charge >= 0.3 is 5.97 Å². The highest BCUT2D eigenvalue weighted by molar-refractivity contribution is 6.74. The highest BCUT2D eigenvalue weighted by Gasteiger charge is 2.53. The Morgan fingerprint density at radius 3 is 1.58 bits per heavy atom. The Morgan fingerprint density at radius 1 is 0.806 bits per heavy atom. The number of hydrogen-bond acceptors (Lipinski definition) is 4. The van der Waals surface area contributed by atoms with Gasteiger partial charge in [-0.25, -0.2) is 0 Å². The number of hydrogen-bond donors (Lipinski definition) is 0. The molecule has 36 heavy (non-hydrogen) atoms. The first kappa shape index (κ1) is 26.3. The van der Waals surface area contributed by atoms with Gasteiger partial charge in [-0.3, -0.25) is 9.69 Å². The van der Waals surface area contributed by atoms with Gasteiger partial charge in [0.05, 0.1) is 18.8 Å². The molecule has 1 aliphatic heterocycles. The monoisotopic (exact) mass is 501 g/mol. The largest absolute Gasteiger partial charge is 0.468 e. The molecular formula is C31H39NO3Si. The highest BCUT2D eigenvalue weighted by atomic mass is 28.4. The van der Waals surface area contributed by atoms with Gasteiger partial charge in [0.25, 0.3) is 0 Å². The lowest BCUT2D eigenvalue weighted by Crippen LogP contribution is -2.53. The summed E-state index contributed by atoms with van der Waals surface area (Å²) < 4.78 is 12.3. The number of benzene rings is 3. The molecular weight excluding hydrogens is 462 g/mol. The minimum atomic E-state index is -2.05. The molecule has 3 aromatic rings. The van der Waals surface area contributed by atoms with E-state index in [2.05, 4.69) is 112 Å². The Bertz CT molecular complexity index is 1050. The molecule has 0 N–H and O–H groups in total. The average molecular weight is 502 g/mol.